The summed E-state index contributed by atoms with van der Waals surface area (Å²) in [4.78, 5) is 19.1. The number of ether oxygens (including phenoxy) is 1. The maximum atomic E-state index is 12.6. The smallest absolute Gasteiger partial charge is 0.236 e. The van der Waals surface area contributed by atoms with Crippen molar-refractivity contribution < 1.29 is 9.53 Å². The minimum atomic E-state index is 0.136. The van der Waals surface area contributed by atoms with Crippen LogP contribution in [0.3, 0.4) is 0 Å². The Kier molecular flexibility index (Phi) is 7.31. The SMILES string of the molecule is COc1ccccc1CN(C)C(=O)CN1CCN(Cc2ccc(Cl)cc2)CC1. The third kappa shape index (κ3) is 5.71. The van der Waals surface area contributed by atoms with E-state index in [1.165, 1.54) is 5.56 Å². The molecule has 28 heavy (non-hydrogen) atoms. The van der Waals surface area contributed by atoms with Gasteiger partial charge in [0.05, 0.1) is 13.7 Å². The van der Waals surface area contributed by atoms with Gasteiger partial charge in [-0.3, -0.25) is 14.6 Å². The maximum absolute atomic E-state index is 12.6. The van der Waals surface area contributed by atoms with Gasteiger partial charge in [-0.2, -0.15) is 0 Å². The minimum Gasteiger partial charge on any atom is -0.496 e. The first-order valence-electron chi connectivity index (χ1n) is 9.60. The second-order valence-corrected chi connectivity index (χ2v) is 7.68. The van der Waals surface area contributed by atoms with Gasteiger partial charge in [0.25, 0.3) is 0 Å². The number of methoxy groups -OCH3 is 1. The van der Waals surface area contributed by atoms with Crippen molar-refractivity contribution in [3.05, 3.63) is 64.7 Å². The monoisotopic (exact) mass is 401 g/mol. The van der Waals surface area contributed by atoms with Crippen LogP contribution in [-0.2, 0) is 17.9 Å². The summed E-state index contributed by atoms with van der Waals surface area (Å²) in [7, 11) is 3.51. The van der Waals surface area contributed by atoms with Crippen molar-refractivity contribution in [2.45, 2.75) is 13.1 Å². The Hall–Kier alpha value is -2.08. The average Bonchev–Trinajstić information content (AvgIpc) is 2.71. The van der Waals surface area contributed by atoms with E-state index in [9.17, 15) is 4.79 Å². The predicted molar refractivity (Wildman–Crippen MR) is 113 cm³/mol. The molecule has 1 heterocycles. The molecule has 0 saturated carbocycles. The Balaban J connectivity index is 1.44. The largest absolute Gasteiger partial charge is 0.496 e. The zero-order chi connectivity index (χ0) is 19.9. The second-order valence-electron chi connectivity index (χ2n) is 7.24. The van der Waals surface area contributed by atoms with Gasteiger partial charge in [-0.05, 0) is 23.8 Å². The Morgan fingerprint density at radius 3 is 2.36 bits per heavy atom. The summed E-state index contributed by atoms with van der Waals surface area (Å²) >= 11 is 5.95. The summed E-state index contributed by atoms with van der Waals surface area (Å²) in [5.41, 5.74) is 2.29. The molecule has 1 saturated heterocycles. The summed E-state index contributed by atoms with van der Waals surface area (Å²) in [6.45, 7) is 5.67. The molecule has 5 nitrogen and oxygen atoms in total. The van der Waals surface area contributed by atoms with Crippen LogP contribution in [0.5, 0.6) is 5.75 Å². The van der Waals surface area contributed by atoms with E-state index in [1.54, 1.807) is 12.0 Å². The fourth-order valence-electron chi connectivity index (χ4n) is 3.44. The minimum absolute atomic E-state index is 0.136. The number of carbonyl (C=O) groups is 1. The van der Waals surface area contributed by atoms with E-state index in [1.807, 2.05) is 43.4 Å². The third-order valence-corrected chi connectivity index (χ3v) is 5.42. The molecule has 0 atom stereocenters. The van der Waals surface area contributed by atoms with E-state index in [-0.39, 0.29) is 5.91 Å². The Bertz CT molecular complexity index is 774. The summed E-state index contributed by atoms with van der Waals surface area (Å²) in [5.74, 6) is 0.954. The van der Waals surface area contributed by atoms with E-state index in [2.05, 4.69) is 21.9 Å². The normalized spacial score (nSPS) is 15.4. The first-order valence-corrected chi connectivity index (χ1v) is 9.98. The molecule has 0 aliphatic carbocycles. The zero-order valence-corrected chi connectivity index (χ0v) is 17.4. The average molecular weight is 402 g/mol. The number of amides is 1. The molecule has 150 valence electrons. The van der Waals surface area contributed by atoms with Crippen LogP contribution < -0.4 is 4.74 Å². The molecule has 1 aliphatic heterocycles. The molecule has 0 N–H and O–H groups in total. The number of halogens is 1. The number of hydrogen-bond donors (Lipinski definition) is 0. The topological polar surface area (TPSA) is 36.0 Å². The highest BCUT2D eigenvalue weighted by Crippen LogP contribution is 2.19. The van der Waals surface area contributed by atoms with Crippen LogP contribution in [0, 0.1) is 0 Å². The summed E-state index contributed by atoms with van der Waals surface area (Å²) in [5, 5.41) is 0.768. The Morgan fingerprint density at radius 2 is 1.68 bits per heavy atom. The van der Waals surface area contributed by atoms with Gasteiger partial charge in [0.15, 0.2) is 0 Å². The van der Waals surface area contributed by atoms with Gasteiger partial charge in [0, 0.05) is 56.9 Å². The van der Waals surface area contributed by atoms with Crippen LogP contribution in [0.15, 0.2) is 48.5 Å². The van der Waals surface area contributed by atoms with Gasteiger partial charge >= 0.3 is 0 Å². The van der Waals surface area contributed by atoms with Crippen molar-refractivity contribution in [1.29, 1.82) is 0 Å². The van der Waals surface area contributed by atoms with Crippen molar-refractivity contribution >= 4 is 17.5 Å². The number of piperazine rings is 1. The van der Waals surface area contributed by atoms with Crippen LogP contribution in [0.1, 0.15) is 11.1 Å². The molecule has 0 radical (unpaired) electrons. The van der Waals surface area contributed by atoms with Gasteiger partial charge < -0.3 is 9.64 Å². The fraction of sp³-hybridized carbons (Fsp3) is 0.409. The molecular formula is C22H28ClN3O2. The van der Waals surface area contributed by atoms with Crippen LogP contribution in [-0.4, -0.2) is 67.5 Å². The Labute approximate surface area is 172 Å². The predicted octanol–water partition coefficient (Wildman–Crippen LogP) is 3.12. The molecule has 2 aromatic rings. The Morgan fingerprint density at radius 1 is 1.04 bits per heavy atom. The van der Waals surface area contributed by atoms with Crippen molar-refractivity contribution in [2.24, 2.45) is 0 Å². The molecule has 3 rings (SSSR count). The van der Waals surface area contributed by atoms with Crippen molar-refractivity contribution in [3.8, 4) is 5.75 Å². The molecule has 0 aromatic heterocycles. The highest BCUT2D eigenvalue weighted by atomic mass is 35.5. The van der Waals surface area contributed by atoms with E-state index >= 15 is 0 Å². The molecule has 6 heteroatoms. The van der Waals surface area contributed by atoms with Crippen LogP contribution >= 0.6 is 11.6 Å². The number of hydrogen-bond acceptors (Lipinski definition) is 4. The lowest BCUT2D eigenvalue weighted by molar-refractivity contribution is -0.132. The number of para-hydroxylation sites is 1. The van der Waals surface area contributed by atoms with Crippen LogP contribution in [0.25, 0.3) is 0 Å². The highest BCUT2D eigenvalue weighted by molar-refractivity contribution is 6.30. The molecule has 0 bridgehead atoms. The first kappa shape index (κ1) is 20.6. The lowest BCUT2D eigenvalue weighted by Crippen LogP contribution is -2.49. The van der Waals surface area contributed by atoms with Gasteiger partial charge in [-0.1, -0.05) is 41.9 Å². The van der Waals surface area contributed by atoms with Gasteiger partial charge in [-0.25, -0.2) is 0 Å². The zero-order valence-electron chi connectivity index (χ0n) is 16.6. The van der Waals surface area contributed by atoms with Crippen LogP contribution in [0.4, 0.5) is 0 Å². The van der Waals surface area contributed by atoms with Crippen molar-refractivity contribution in [3.63, 3.8) is 0 Å². The van der Waals surface area contributed by atoms with Crippen molar-refractivity contribution in [2.75, 3.05) is 46.9 Å². The lowest BCUT2D eigenvalue weighted by Gasteiger charge is -2.35. The standard InChI is InChI=1S/C22H28ClN3O2/c1-24(16-19-5-3-4-6-21(19)28-2)22(27)17-26-13-11-25(12-14-26)15-18-7-9-20(23)10-8-18/h3-10H,11-17H2,1-2H3. The van der Waals surface area contributed by atoms with Gasteiger partial charge in [0.2, 0.25) is 5.91 Å². The van der Waals surface area contributed by atoms with E-state index in [0.717, 1.165) is 49.1 Å². The summed E-state index contributed by atoms with van der Waals surface area (Å²) in [6.07, 6.45) is 0. The lowest BCUT2D eigenvalue weighted by atomic mass is 10.2. The number of benzene rings is 2. The van der Waals surface area contributed by atoms with Crippen LogP contribution in [0.2, 0.25) is 5.02 Å². The molecule has 0 spiro atoms. The van der Waals surface area contributed by atoms with Gasteiger partial charge in [0.1, 0.15) is 5.75 Å². The van der Waals surface area contributed by atoms with E-state index < -0.39 is 0 Å². The quantitative estimate of drug-likeness (QED) is 0.714. The molecule has 0 unspecified atom stereocenters. The number of nitrogens with zero attached hydrogens (tertiary/aromatic N) is 3. The number of likely N-dealkylation sites (N-methyl/N-ethyl adjacent to an activating group) is 1. The summed E-state index contributed by atoms with van der Waals surface area (Å²) < 4.78 is 5.38. The van der Waals surface area contributed by atoms with Gasteiger partial charge in [-0.15, -0.1) is 0 Å². The molecule has 1 fully saturated rings. The number of rotatable bonds is 7. The van der Waals surface area contributed by atoms with Crippen molar-refractivity contribution in [1.82, 2.24) is 14.7 Å². The molecule has 1 aliphatic rings. The molecular weight excluding hydrogens is 374 g/mol. The third-order valence-electron chi connectivity index (χ3n) is 5.17. The highest BCUT2D eigenvalue weighted by Gasteiger charge is 2.21. The van der Waals surface area contributed by atoms with E-state index in [4.69, 9.17) is 16.3 Å². The number of carbonyl (C=O) groups excluding carboxylic acids is 1. The first-order chi connectivity index (χ1) is 13.5. The summed E-state index contributed by atoms with van der Waals surface area (Å²) in [6, 6.07) is 15.8. The van der Waals surface area contributed by atoms with E-state index in [0.29, 0.717) is 13.1 Å². The maximum Gasteiger partial charge on any atom is 0.236 e. The fourth-order valence-corrected chi connectivity index (χ4v) is 3.57. The second kappa shape index (κ2) is 9.92. The molecule has 1 amide bonds. The molecule has 2 aromatic carbocycles.